The SMILES string of the molecule is C=C(C)C(=O)OCCCCC(=O)O[C@H]1CC(C)OC[C@H]1OC(=O)CCCCOC(=O)C(=C)C. The molecule has 1 unspecified atom stereocenters. The third-order valence-corrected chi connectivity index (χ3v) is 4.80. The molecule has 0 N–H and O–H groups in total. The minimum atomic E-state index is -0.671. The molecule has 3 atom stereocenters. The van der Waals surface area contributed by atoms with Gasteiger partial charge in [-0.05, 0) is 46.5 Å². The summed E-state index contributed by atoms with van der Waals surface area (Å²) in [7, 11) is 0. The molecule has 33 heavy (non-hydrogen) atoms. The van der Waals surface area contributed by atoms with Crippen molar-refractivity contribution >= 4 is 23.9 Å². The first-order valence-electron chi connectivity index (χ1n) is 11.3. The molecule has 0 aliphatic carbocycles. The van der Waals surface area contributed by atoms with E-state index in [2.05, 4.69) is 13.2 Å². The third kappa shape index (κ3) is 12.2. The van der Waals surface area contributed by atoms with Crippen molar-refractivity contribution in [3.63, 3.8) is 0 Å². The lowest BCUT2D eigenvalue weighted by molar-refractivity contribution is -0.188. The summed E-state index contributed by atoms with van der Waals surface area (Å²) in [5.41, 5.74) is 0.655. The van der Waals surface area contributed by atoms with E-state index in [1.807, 2.05) is 6.92 Å². The van der Waals surface area contributed by atoms with E-state index in [4.69, 9.17) is 23.7 Å². The monoisotopic (exact) mass is 468 g/mol. The van der Waals surface area contributed by atoms with Crippen LogP contribution in [0.15, 0.2) is 24.3 Å². The fourth-order valence-electron chi connectivity index (χ4n) is 2.92. The van der Waals surface area contributed by atoms with E-state index in [1.54, 1.807) is 13.8 Å². The molecular formula is C24H36O9. The molecular weight excluding hydrogens is 432 g/mol. The van der Waals surface area contributed by atoms with Crippen LogP contribution < -0.4 is 0 Å². The van der Waals surface area contributed by atoms with Crippen molar-refractivity contribution < 1.29 is 42.9 Å². The fraction of sp³-hybridized carbons (Fsp3) is 0.667. The second kappa shape index (κ2) is 15.2. The lowest BCUT2D eigenvalue weighted by Crippen LogP contribution is -2.45. The third-order valence-electron chi connectivity index (χ3n) is 4.80. The summed E-state index contributed by atoms with van der Waals surface area (Å²) in [6, 6.07) is 0. The van der Waals surface area contributed by atoms with E-state index in [-0.39, 0.29) is 38.8 Å². The predicted octanol–water partition coefficient (Wildman–Crippen LogP) is 3.20. The molecule has 186 valence electrons. The Bertz CT molecular complexity index is 713. The van der Waals surface area contributed by atoms with Crippen LogP contribution >= 0.6 is 0 Å². The molecule has 1 aliphatic rings. The molecule has 0 bridgehead atoms. The number of carbonyl (C=O) groups is 4. The van der Waals surface area contributed by atoms with E-state index in [0.717, 1.165) is 0 Å². The first kappa shape index (κ1) is 28.4. The minimum Gasteiger partial charge on any atom is -0.462 e. The maximum Gasteiger partial charge on any atom is 0.333 e. The highest BCUT2D eigenvalue weighted by Gasteiger charge is 2.35. The van der Waals surface area contributed by atoms with Crippen LogP contribution in [0.25, 0.3) is 0 Å². The van der Waals surface area contributed by atoms with Gasteiger partial charge in [0.1, 0.15) is 6.10 Å². The van der Waals surface area contributed by atoms with Crippen LogP contribution in [0.1, 0.15) is 65.7 Å². The number of rotatable bonds is 14. The van der Waals surface area contributed by atoms with E-state index in [1.165, 1.54) is 0 Å². The molecule has 0 aromatic rings. The number of carbonyl (C=O) groups excluding carboxylic acids is 4. The second-order valence-electron chi connectivity index (χ2n) is 8.18. The van der Waals surface area contributed by atoms with Gasteiger partial charge < -0.3 is 23.7 Å². The standard InChI is InChI=1S/C24H36O9/c1-16(2)23(27)29-12-8-6-10-21(25)32-19-14-18(5)31-15-20(19)33-22(26)11-7-9-13-30-24(28)17(3)4/h18-20H,1,3,6-15H2,2,4-5H3/t18?,19-,20+/m0/s1. The van der Waals surface area contributed by atoms with Gasteiger partial charge in [0, 0.05) is 30.4 Å². The Morgan fingerprint density at radius 2 is 1.24 bits per heavy atom. The summed E-state index contributed by atoms with van der Waals surface area (Å²) >= 11 is 0. The van der Waals surface area contributed by atoms with Gasteiger partial charge in [0.25, 0.3) is 0 Å². The highest BCUT2D eigenvalue weighted by Crippen LogP contribution is 2.21. The van der Waals surface area contributed by atoms with Crippen LogP contribution in [0.3, 0.4) is 0 Å². The first-order valence-corrected chi connectivity index (χ1v) is 11.3. The summed E-state index contributed by atoms with van der Waals surface area (Å²) < 4.78 is 26.6. The molecule has 9 nitrogen and oxygen atoms in total. The number of unbranched alkanes of at least 4 members (excludes halogenated alkanes) is 2. The number of ether oxygens (including phenoxy) is 5. The highest BCUT2D eigenvalue weighted by atomic mass is 16.6. The zero-order chi connectivity index (χ0) is 24.8. The molecule has 0 amide bonds. The normalized spacial score (nSPS) is 19.8. The van der Waals surface area contributed by atoms with E-state index >= 15 is 0 Å². The molecule has 1 heterocycles. The van der Waals surface area contributed by atoms with Gasteiger partial charge in [0.05, 0.1) is 25.9 Å². The second-order valence-corrected chi connectivity index (χ2v) is 8.18. The van der Waals surface area contributed by atoms with Gasteiger partial charge in [-0.2, -0.15) is 0 Å². The van der Waals surface area contributed by atoms with Gasteiger partial charge in [-0.15, -0.1) is 0 Å². The summed E-state index contributed by atoms with van der Waals surface area (Å²) in [6.45, 7) is 12.6. The van der Waals surface area contributed by atoms with Gasteiger partial charge in [0.2, 0.25) is 0 Å². The Kier molecular flexibility index (Phi) is 13.1. The van der Waals surface area contributed by atoms with Crippen LogP contribution in [0, 0.1) is 0 Å². The molecule has 0 saturated carbocycles. The Hall–Kier alpha value is -2.68. The van der Waals surface area contributed by atoms with Crippen LogP contribution in [0.4, 0.5) is 0 Å². The molecule has 1 rings (SSSR count). The number of hydrogen-bond donors (Lipinski definition) is 0. The Morgan fingerprint density at radius 1 is 0.788 bits per heavy atom. The zero-order valence-corrected chi connectivity index (χ0v) is 19.9. The van der Waals surface area contributed by atoms with Crippen molar-refractivity contribution in [1.82, 2.24) is 0 Å². The largest absolute Gasteiger partial charge is 0.462 e. The summed E-state index contributed by atoms with van der Waals surface area (Å²) in [6.07, 6.45) is 1.41. The van der Waals surface area contributed by atoms with Crippen LogP contribution in [-0.4, -0.2) is 62.0 Å². The minimum absolute atomic E-state index is 0.123. The lowest BCUT2D eigenvalue weighted by Gasteiger charge is -2.34. The van der Waals surface area contributed by atoms with Crippen LogP contribution in [0.5, 0.6) is 0 Å². The molecule has 1 saturated heterocycles. The van der Waals surface area contributed by atoms with Crippen LogP contribution in [-0.2, 0) is 42.9 Å². The van der Waals surface area contributed by atoms with Crippen LogP contribution in [0.2, 0.25) is 0 Å². The predicted molar refractivity (Wildman–Crippen MR) is 119 cm³/mol. The molecule has 0 aromatic carbocycles. The Balaban J connectivity index is 2.33. The van der Waals surface area contributed by atoms with E-state index in [0.29, 0.717) is 43.3 Å². The molecule has 9 heteroatoms. The molecule has 1 fully saturated rings. The smallest absolute Gasteiger partial charge is 0.333 e. The Labute approximate surface area is 195 Å². The van der Waals surface area contributed by atoms with Gasteiger partial charge in [-0.1, -0.05) is 13.2 Å². The Morgan fingerprint density at radius 3 is 1.70 bits per heavy atom. The maximum atomic E-state index is 12.2. The van der Waals surface area contributed by atoms with E-state index in [9.17, 15) is 19.2 Å². The molecule has 0 spiro atoms. The number of esters is 4. The van der Waals surface area contributed by atoms with E-state index < -0.39 is 36.1 Å². The summed E-state index contributed by atoms with van der Waals surface area (Å²) in [4.78, 5) is 47.0. The average Bonchev–Trinajstić information content (AvgIpc) is 2.74. The van der Waals surface area contributed by atoms with Gasteiger partial charge in [0.15, 0.2) is 6.10 Å². The molecule has 0 radical (unpaired) electrons. The summed E-state index contributed by atoms with van der Waals surface area (Å²) in [5, 5.41) is 0. The topological polar surface area (TPSA) is 114 Å². The summed E-state index contributed by atoms with van der Waals surface area (Å²) in [5.74, 6) is -1.74. The average molecular weight is 469 g/mol. The molecule has 0 aromatic heterocycles. The maximum absolute atomic E-state index is 12.2. The van der Waals surface area contributed by atoms with Crippen molar-refractivity contribution in [2.75, 3.05) is 19.8 Å². The number of hydrogen-bond acceptors (Lipinski definition) is 9. The first-order chi connectivity index (χ1) is 15.6. The van der Waals surface area contributed by atoms with Gasteiger partial charge in [-0.25, -0.2) is 9.59 Å². The lowest BCUT2D eigenvalue weighted by atomic mass is 10.0. The van der Waals surface area contributed by atoms with Gasteiger partial charge >= 0.3 is 23.9 Å². The van der Waals surface area contributed by atoms with Crippen molar-refractivity contribution in [3.05, 3.63) is 24.3 Å². The molecule has 1 aliphatic heterocycles. The van der Waals surface area contributed by atoms with Crippen molar-refractivity contribution in [3.8, 4) is 0 Å². The van der Waals surface area contributed by atoms with Gasteiger partial charge in [-0.3, -0.25) is 9.59 Å². The zero-order valence-electron chi connectivity index (χ0n) is 19.9. The quantitative estimate of drug-likeness (QED) is 0.164. The van der Waals surface area contributed by atoms with Crippen molar-refractivity contribution in [2.45, 2.75) is 84.0 Å². The van der Waals surface area contributed by atoms with Crippen molar-refractivity contribution in [1.29, 1.82) is 0 Å². The van der Waals surface area contributed by atoms with Crippen molar-refractivity contribution in [2.24, 2.45) is 0 Å². The fourth-order valence-corrected chi connectivity index (χ4v) is 2.92. The highest BCUT2D eigenvalue weighted by molar-refractivity contribution is 5.87.